The maximum atomic E-state index is 12.2. The smallest absolute Gasteiger partial charge is 0.224 e. The van der Waals surface area contributed by atoms with Crippen LogP contribution in [-0.2, 0) is 9.59 Å². The zero-order chi connectivity index (χ0) is 16.7. The molecule has 5 nitrogen and oxygen atoms in total. The summed E-state index contributed by atoms with van der Waals surface area (Å²) in [5, 5.41) is 2.84. The van der Waals surface area contributed by atoms with Gasteiger partial charge in [0.25, 0.3) is 0 Å². The average molecular weight is 317 g/mol. The lowest BCUT2D eigenvalue weighted by Crippen LogP contribution is -2.40. The standard InChI is InChI=1S/C18H27N3O2/c1-14(17(19)15-8-4-2-5-9-15)18(23)20-11-10-16(22)21-12-6-3-7-13-21/h2,4-5,8-9,14,17H,3,6-7,10-13,19H2,1H3,(H,20,23). The summed E-state index contributed by atoms with van der Waals surface area (Å²) in [6, 6.07) is 9.26. The van der Waals surface area contributed by atoms with Crippen molar-refractivity contribution < 1.29 is 9.59 Å². The Kier molecular flexibility index (Phi) is 6.59. The number of benzene rings is 1. The summed E-state index contributed by atoms with van der Waals surface area (Å²) in [7, 11) is 0. The Morgan fingerprint density at radius 2 is 1.83 bits per heavy atom. The van der Waals surface area contributed by atoms with Crippen molar-refractivity contribution in [1.29, 1.82) is 0 Å². The van der Waals surface area contributed by atoms with Gasteiger partial charge in [-0.25, -0.2) is 0 Å². The average Bonchev–Trinajstić information content (AvgIpc) is 2.61. The van der Waals surface area contributed by atoms with Gasteiger partial charge in [-0.1, -0.05) is 37.3 Å². The molecule has 2 atom stereocenters. The van der Waals surface area contributed by atoms with Crippen LogP contribution in [0.2, 0.25) is 0 Å². The summed E-state index contributed by atoms with van der Waals surface area (Å²) in [6.45, 7) is 3.89. The molecule has 1 aliphatic heterocycles. The molecule has 2 rings (SSSR count). The van der Waals surface area contributed by atoms with Crippen LogP contribution < -0.4 is 11.1 Å². The van der Waals surface area contributed by atoms with Gasteiger partial charge >= 0.3 is 0 Å². The third-order valence-corrected chi connectivity index (χ3v) is 4.48. The van der Waals surface area contributed by atoms with Crippen LogP contribution in [0.25, 0.3) is 0 Å². The van der Waals surface area contributed by atoms with Gasteiger partial charge in [0, 0.05) is 32.1 Å². The van der Waals surface area contributed by atoms with E-state index in [1.807, 2.05) is 42.2 Å². The molecule has 126 valence electrons. The van der Waals surface area contributed by atoms with Gasteiger partial charge in [0.2, 0.25) is 11.8 Å². The van der Waals surface area contributed by atoms with Crippen LogP contribution in [0.4, 0.5) is 0 Å². The van der Waals surface area contributed by atoms with Gasteiger partial charge in [0.1, 0.15) is 0 Å². The van der Waals surface area contributed by atoms with Gasteiger partial charge in [-0.05, 0) is 24.8 Å². The molecule has 0 aromatic heterocycles. The highest BCUT2D eigenvalue weighted by Crippen LogP contribution is 2.19. The van der Waals surface area contributed by atoms with E-state index < -0.39 is 0 Å². The summed E-state index contributed by atoms with van der Waals surface area (Å²) in [6.07, 6.45) is 3.73. The Bertz CT molecular complexity index is 512. The number of nitrogens with zero attached hydrogens (tertiary/aromatic N) is 1. The fraction of sp³-hybridized carbons (Fsp3) is 0.556. The molecule has 0 spiro atoms. The number of carbonyl (C=O) groups excluding carboxylic acids is 2. The van der Waals surface area contributed by atoms with Crippen LogP contribution in [-0.4, -0.2) is 36.3 Å². The number of rotatable bonds is 6. The second-order valence-corrected chi connectivity index (χ2v) is 6.21. The van der Waals surface area contributed by atoms with Crippen molar-refractivity contribution in [3.63, 3.8) is 0 Å². The van der Waals surface area contributed by atoms with Crippen LogP contribution in [0.3, 0.4) is 0 Å². The predicted molar refractivity (Wildman–Crippen MR) is 90.6 cm³/mol. The number of amides is 2. The molecule has 5 heteroatoms. The van der Waals surface area contributed by atoms with Crippen molar-refractivity contribution in [2.75, 3.05) is 19.6 Å². The molecule has 1 aromatic rings. The SMILES string of the molecule is CC(C(=O)NCCC(=O)N1CCCCC1)C(N)c1ccccc1. The van der Waals surface area contributed by atoms with Crippen molar-refractivity contribution in [2.45, 2.75) is 38.6 Å². The number of carbonyl (C=O) groups is 2. The van der Waals surface area contributed by atoms with Gasteiger partial charge < -0.3 is 16.0 Å². The van der Waals surface area contributed by atoms with E-state index in [2.05, 4.69) is 5.32 Å². The topological polar surface area (TPSA) is 75.4 Å². The minimum Gasteiger partial charge on any atom is -0.355 e. The van der Waals surface area contributed by atoms with Gasteiger partial charge in [0.05, 0.1) is 5.92 Å². The second-order valence-electron chi connectivity index (χ2n) is 6.21. The van der Waals surface area contributed by atoms with E-state index in [-0.39, 0.29) is 23.8 Å². The number of piperidine rings is 1. The minimum atomic E-state index is -0.339. The van der Waals surface area contributed by atoms with Crippen LogP contribution in [0.15, 0.2) is 30.3 Å². The summed E-state index contributed by atoms with van der Waals surface area (Å²) in [5.41, 5.74) is 7.10. The molecule has 1 heterocycles. The minimum absolute atomic E-state index is 0.104. The quantitative estimate of drug-likeness (QED) is 0.840. The number of nitrogens with one attached hydrogen (secondary N) is 1. The van der Waals surface area contributed by atoms with Crippen molar-refractivity contribution >= 4 is 11.8 Å². The maximum Gasteiger partial charge on any atom is 0.224 e. The van der Waals surface area contributed by atoms with E-state index in [4.69, 9.17) is 5.73 Å². The molecule has 1 aromatic carbocycles. The van der Waals surface area contributed by atoms with E-state index in [0.717, 1.165) is 31.5 Å². The van der Waals surface area contributed by atoms with Gasteiger partial charge in [-0.15, -0.1) is 0 Å². The van der Waals surface area contributed by atoms with Gasteiger partial charge in [-0.3, -0.25) is 9.59 Å². The highest BCUT2D eigenvalue weighted by molar-refractivity contribution is 5.81. The molecule has 3 N–H and O–H groups in total. The van der Waals surface area contributed by atoms with Crippen molar-refractivity contribution in [3.8, 4) is 0 Å². The fourth-order valence-corrected chi connectivity index (χ4v) is 2.88. The van der Waals surface area contributed by atoms with E-state index in [1.54, 1.807) is 0 Å². The molecule has 2 unspecified atom stereocenters. The Morgan fingerprint density at radius 1 is 1.17 bits per heavy atom. The third kappa shape index (κ3) is 5.06. The zero-order valence-electron chi connectivity index (χ0n) is 13.8. The zero-order valence-corrected chi connectivity index (χ0v) is 13.8. The molecule has 1 fully saturated rings. The first-order valence-corrected chi connectivity index (χ1v) is 8.45. The first-order chi connectivity index (χ1) is 11.1. The molecule has 23 heavy (non-hydrogen) atoms. The van der Waals surface area contributed by atoms with Crippen LogP contribution in [0, 0.1) is 5.92 Å². The lowest BCUT2D eigenvalue weighted by atomic mass is 9.94. The van der Waals surface area contributed by atoms with Crippen molar-refractivity contribution in [2.24, 2.45) is 11.7 Å². The Balaban J connectivity index is 1.74. The lowest BCUT2D eigenvalue weighted by molar-refractivity contribution is -0.132. The maximum absolute atomic E-state index is 12.2. The Hall–Kier alpha value is -1.88. The predicted octanol–water partition coefficient (Wildman–Crippen LogP) is 1.84. The molecular formula is C18H27N3O2. The molecule has 2 amide bonds. The molecule has 1 aliphatic rings. The number of hydrogen-bond donors (Lipinski definition) is 2. The number of nitrogens with two attached hydrogens (primary N) is 1. The highest BCUT2D eigenvalue weighted by Gasteiger charge is 2.22. The molecule has 0 bridgehead atoms. The Morgan fingerprint density at radius 3 is 2.48 bits per heavy atom. The van der Waals surface area contributed by atoms with Crippen molar-refractivity contribution in [3.05, 3.63) is 35.9 Å². The molecule has 0 aliphatic carbocycles. The van der Waals surface area contributed by atoms with Crippen molar-refractivity contribution in [1.82, 2.24) is 10.2 Å². The highest BCUT2D eigenvalue weighted by atomic mass is 16.2. The second kappa shape index (κ2) is 8.67. The van der Waals surface area contributed by atoms with E-state index in [0.29, 0.717) is 13.0 Å². The molecule has 0 saturated carbocycles. The normalized spacial score (nSPS) is 17.4. The number of hydrogen-bond acceptors (Lipinski definition) is 3. The molecule has 1 saturated heterocycles. The van der Waals surface area contributed by atoms with E-state index in [1.165, 1.54) is 6.42 Å². The summed E-state index contributed by atoms with van der Waals surface area (Å²) < 4.78 is 0. The van der Waals surface area contributed by atoms with Crippen LogP contribution >= 0.6 is 0 Å². The van der Waals surface area contributed by atoms with E-state index >= 15 is 0 Å². The fourth-order valence-electron chi connectivity index (χ4n) is 2.88. The number of likely N-dealkylation sites (tertiary alicyclic amines) is 1. The van der Waals surface area contributed by atoms with Gasteiger partial charge in [0.15, 0.2) is 0 Å². The van der Waals surface area contributed by atoms with Gasteiger partial charge in [-0.2, -0.15) is 0 Å². The van der Waals surface area contributed by atoms with Crippen LogP contribution in [0.5, 0.6) is 0 Å². The van der Waals surface area contributed by atoms with Crippen LogP contribution in [0.1, 0.15) is 44.2 Å². The summed E-state index contributed by atoms with van der Waals surface area (Å²) in [5.74, 6) is -0.305. The third-order valence-electron chi connectivity index (χ3n) is 4.48. The Labute approximate surface area is 138 Å². The lowest BCUT2D eigenvalue weighted by Gasteiger charge is -2.27. The van der Waals surface area contributed by atoms with E-state index in [9.17, 15) is 9.59 Å². The first kappa shape index (κ1) is 17.5. The molecule has 0 radical (unpaired) electrons. The largest absolute Gasteiger partial charge is 0.355 e. The first-order valence-electron chi connectivity index (χ1n) is 8.45. The summed E-state index contributed by atoms with van der Waals surface area (Å²) >= 11 is 0. The summed E-state index contributed by atoms with van der Waals surface area (Å²) in [4.78, 5) is 26.2. The molecular weight excluding hydrogens is 290 g/mol. The monoisotopic (exact) mass is 317 g/mol.